The lowest BCUT2D eigenvalue weighted by Gasteiger charge is -2.37. The molecule has 0 aliphatic carbocycles. The van der Waals surface area contributed by atoms with E-state index in [-0.39, 0.29) is 5.91 Å². The zero-order valence-corrected chi connectivity index (χ0v) is 20.2. The first kappa shape index (κ1) is 21.8. The van der Waals surface area contributed by atoms with Crippen LogP contribution >= 0.6 is 22.9 Å². The number of fused-ring (bicyclic) bond motifs is 1. The third-order valence-electron chi connectivity index (χ3n) is 6.15. The summed E-state index contributed by atoms with van der Waals surface area (Å²) in [5.74, 6) is 0.966. The number of rotatable bonds is 5. The van der Waals surface area contributed by atoms with Crippen molar-refractivity contribution >= 4 is 39.5 Å². The number of thiazole rings is 1. The van der Waals surface area contributed by atoms with E-state index in [2.05, 4.69) is 11.8 Å². The van der Waals surface area contributed by atoms with Crippen LogP contribution in [0.5, 0.6) is 5.75 Å². The molecule has 170 valence electrons. The van der Waals surface area contributed by atoms with E-state index in [9.17, 15) is 4.79 Å². The van der Waals surface area contributed by atoms with E-state index in [1.54, 1.807) is 18.4 Å². The van der Waals surface area contributed by atoms with Crippen molar-refractivity contribution in [1.82, 2.24) is 14.3 Å². The molecule has 0 saturated carbocycles. The molecule has 33 heavy (non-hydrogen) atoms. The molecule has 2 aromatic carbocycles. The molecule has 6 nitrogen and oxygen atoms in total. The van der Waals surface area contributed by atoms with Crippen LogP contribution in [0, 0.1) is 6.92 Å². The molecule has 1 fully saturated rings. The first-order chi connectivity index (χ1) is 16.0. The van der Waals surface area contributed by atoms with Crippen molar-refractivity contribution in [2.45, 2.75) is 13.3 Å². The van der Waals surface area contributed by atoms with Crippen LogP contribution in [0.4, 0.5) is 5.69 Å². The number of hydrogen-bond acceptors (Lipinski definition) is 5. The van der Waals surface area contributed by atoms with Crippen LogP contribution < -0.4 is 9.64 Å². The molecule has 0 spiro atoms. The topological polar surface area (TPSA) is 50.1 Å². The number of imidazole rings is 1. The van der Waals surface area contributed by atoms with Gasteiger partial charge in [-0.25, -0.2) is 4.98 Å². The average molecular weight is 481 g/mol. The maximum Gasteiger partial charge on any atom is 0.228 e. The summed E-state index contributed by atoms with van der Waals surface area (Å²) in [7, 11) is 1.66. The Bertz CT molecular complexity index is 1290. The number of amides is 1. The highest BCUT2D eigenvalue weighted by Crippen LogP contribution is 2.27. The molecular formula is C25H25ClN4O2S. The predicted octanol–water partition coefficient (Wildman–Crippen LogP) is 4.92. The summed E-state index contributed by atoms with van der Waals surface area (Å²) in [6.45, 7) is 5.12. The van der Waals surface area contributed by atoms with Crippen LogP contribution in [0.3, 0.4) is 0 Å². The fourth-order valence-electron chi connectivity index (χ4n) is 4.24. The lowest BCUT2D eigenvalue weighted by Crippen LogP contribution is -2.49. The number of benzene rings is 2. The third kappa shape index (κ3) is 4.43. The van der Waals surface area contributed by atoms with E-state index in [4.69, 9.17) is 21.3 Å². The number of piperazine rings is 1. The molecule has 5 rings (SSSR count). The molecule has 1 saturated heterocycles. The van der Waals surface area contributed by atoms with Crippen molar-refractivity contribution in [3.8, 4) is 17.0 Å². The lowest BCUT2D eigenvalue weighted by molar-refractivity contribution is -0.130. The van der Waals surface area contributed by atoms with Gasteiger partial charge in [0, 0.05) is 59.7 Å². The summed E-state index contributed by atoms with van der Waals surface area (Å²) >= 11 is 7.76. The summed E-state index contributed by atoms with van der Waals surface area (Å²) in [5, 5.41) is 2.77. The number of methoxy groups -OCH3 is 1. The molecule has 8 heteroatoms. The molecule has 3 heterocycles. The maximum absolute atomic E-state index is 13.1. The third-order valence-corrected chi connectivity index (χ3v) is 7.27. The second-order valence-corrected chi connectivity index (χ2v) is 9.48. The van der Waals surface area contributed by atoms with Crippen LogP contribution in [0.1, 0.15) is 11.3 Å². The van der Waals surface area contributed by atoms with E-state index in [0.717, 1.165) is 51.5 Å². The van der Waals surface area contributed by atoms with Crippen molar-refractivity contribution in [3.63, 3.8) is 0 Å². The van der Waals surface area contributed by atoms with E-state index >= 15 is 0 Å². The normalized spacial score (nSPS) is 14.2. The van der Waals surface area contributed by atoms with Crippen LogP contribution in [-0.4, -0.2) is 53.5 Å². The van der Waals surface area contributed by atoms with Crippen LogP contribution in [-0.2, 0) is 11.2 Å². The predicted molar refractivity (Wildman–Crippen MR) is 134 cm³/mol. The van der Waals surface area contributed by atoms with E-state index in [0.29, 0.717) is 19.5 Å². The van der Waals surface area contributed by atoms with Gasteiger partial charge in [-0.05, 0) is 48.9 Å². The summed E-state index contributed by atoms with van der Waals surface area (Å²) in [6, 6.07) is 13.8. The summed E-state index contributed by atoms with van der Waals surface area (Å²) in [5.41, 5.74) is 5.24. The highest BCUT2D eigenvalue weighted by molar-refractivity contribution is 7.15. The van der Waals surface area contributed by atoms with Crippen molar-refractivity contribution in [2.24, 2.45) is 0 Å². The van der Waals surface area contributed by atoms with Crippen molar-refractivity contribution < 1.29 is 9.53 Å². The van der Waals surface area contributed by atoms with Gasteiger partial charge in [0.1, 0.15) is 5.75 Å². The van der Waals surface area contributed by atoms with Gasteiger partial charge in [-0.3, -0.25) is 9.20 Å². The number of ether oxygens (including phenoxy) is 1. The van der Waals surface area contributed by atoms with Crippen molar-refractivity contribution in [1.29, 1.82) is 0 Å². The molecule has 0 bridgehead atoms. The second kappa shape index (κ2) is 9.08. The first-order valence-electron chi connectivity index (χ1n) is 10.9. The van der Waals surface area contributed by atoms with E-state index in [1.165, 1.54) is 5.56 Å². The van der Waals surface area contributed by atoms with E-state index in [1.807, 2.05) is 63.3 Å². The van der Waals surface area contributed by atoms with Gasteiger partial charge in [0.2, 0.25) is 5.91 Å². The Hall–Kier alpha value is -3.03. The zero-order valence-electron chi connectivity index (χ0n) is 18.6. The van der Waals surface area contributed by atoms with Gasteiger partial charge in [-0.1, -0.05) is 17.7 Å². The van der Waals surface area contributed by atoms with E-state index < -0.39 is 0 Å². The Balaban J connectivity index is 1.26. The highest BCUT2D eigenvalue weighted by atomic mass is 35.5. The molecule has 1 aliphatic heterocycles. The Morgan fingerprint density at radius 2 is 1.88 bits per heavy atom. The minimum absolute atomic E-state index is 0.150. The second-order valence-electron chi connectivity index (χ2n) is 8.21. The van der Waals surface area contributed by atoms with Gasteiger partial charge in [-0.2, -0.15) is 0 Å². The molecule has 0 N–H and O–H groups in total. The highest BCUT2D eigenvalue weighted by Gasteiger charge is 2.23. The average Bonchev–Trinajstić information content (AvgIpc) is 3.43. The molecule has 0 unspecified atom stereocenters. The molecule has 2 aromatic heterocycles. The maximum atomic E-state index is 13.1. The zero-order chi connectivity index (χ0) is 22.9. The lowest BCUT2D eigenvalue weighted by atomic mass is 10.1. The van der Waals surface area contributed by atoms with Gasteiger partial charge < -0.3 is 14.5 Å². The van der Waals surface area contributed by atoms with Crippen molar-refractivity contribution in [2.75, 3.05) is 38.2 Å². The first-order valence-corrected chi connectivity index (χ1v) is 12.2. The Morgan fingerprint density at radius 1 is 1.12 bits per heavy atom. The number of hydrogen-bond donors (Lipinski definition) is 0. The monoisotopic (exact) mass is 480 g/mol. The Morgan fingerprint density at radius 3 is 2.61 bits per heavy atom. The van der Waals surface area contributed by atoms with Gasteiger partial charge in [0.25, 0.3) is 0 Å². The molecule has 1 aliphatic rings. The molecule has 0 atom stereocenters. The van der Waals surface area contributed by atoms with Crippen LogP contribution in [0.2, 0.25) is 5.02 Å². The fourth-order valence-corrected chi connectivity index (χ4v) is 5.28. The standard InChI is InChI=1S/C25H25ClN4O2S/c1-17-3-6-19(26)13-23(17)28-9-11-29(12-10-28)24(31)14-20-16-33-25-27-22(15-30(20)25)18-4-7-21(32-2)8-5-18/h3-8,13,15-16H,9-12,14H2,1-2H3. The van der Waals surface area contributed by atoms with Gasteiger partial charge in [-0.15, -0.1) is 11.3 Å². The quantitative estimate of drug-likeness (QED) is 0.406. The number of halogens is 1. The number of nitrogens with zero attached hydrogens (tertiary/aromatic N) is 4. The number of aryl methyl sites for hydroxylation is 1. The number of aromatic nitrogens is 2. The fraction of sp³-hybridized carbons (Fsp3) is 0.280. The van der Waals surface area contributed by atoms with Gasteiger partial charge in [0.05, 0.1) is 19.2 Å². The van der Waals surface area contributed by atoms with Gasteiger partial charge >= 0.3 is 0 Å². The smallest absolute Gasteiger partial charge is 0.228 e. The minimum Gasteiger partial charge on any atom is -0.497 e. The van der Waals surface area contributed by atoms with Crippen molar-refractivity contribution in [3.05, 3.63) is 70.3 Å². The summed E-state index contributed by atoms with van der Waals surface area (Å²) < 4.78 is 7.27. The van der Waals surface area contributed by atoms with Crippen LogP contribution in [0.15, 0.2) is 54.0 Å². The van der Waals surface area contributed by atoms with Gasteiger partial charge in [0.15, 0.2) is 4.96 Å². The Labute approximate surface area is 202 Å². The van der Waals surface area contributed by atoms with Crippen LogP contribution in [0.25, 0.3) is 16.2 Å². The SMILES string of the molecule is COc1ccc(-c2cn3c(CC(=O)N4CCN(c5cc(Cl)ccc5C)CC4)csc3n2)cc1. The number of carbonyl (C=O) groups is 1. The molecule has 1 amide bonds. The molecule has 4 aromatic rings. The Kier molecular flexibility index (Phi) is 6.00. The summed E-state index contributed by atoms with van der Waals surface area (Å²) in [6.07, 6.45) is 2.38. The number of carbonyl (C=O) groups excluding carboxylic acids is 1. The largest absolute Gasteiger partial charge is 0.497 e. The minimum atomic E-state index is 0.150. The molecule has 0 radical (unpaired) electrons. The summed E-state index contributed by atoms with van der Waals surface area (Å²) in [4.78, 5) is 23.0. The number of anilines is 1. The molecular weight excluding hydrogens is 456 g/mol.